The molecule has 146 valence electrons. The number of carbonyl (C=O) groups is 1. The van der Waals surface area contributed by atoms with Crippen LogP contribution in [0, 0.1) is 20.8 Å². The second-order valence-corrected chi connectivity index (χ2v) is 7.15. The third-order valence-electron chi connectivity index (χ3n) is 4.40. The zero-order chi connectivity index (χ0) is 20.5. The van der Waals surface area contributed by atoms with Crippen LogP contribution < -0.4 is 5.32 Å². The molecule has 1 N–H and O–H groups in total. The molecule has 29 heavy (non-hydrogen) atoms. The summed E-state index contributed by atoms with van der Waals surface area (Å²) in [6, 6.07) is 16.7. The van der Waals surface area contributed by atoms with Crippen molar-refractivity contribution in [1.29, 1.82) is 0 Å². The van der Waals surface area contributed by atoms with Crippen LogP contribution in [0.4, 0.5) is 5.69 Å². The first-order valence-corrected chi connectivity index (χ1v) is 9.43. The van der Waals surface area contributed by atoms with Gasteiger partial charge in [-0.3, -0.25) is 4.79 Å². The smallest absolute Gasteiger partial charge is 0.295 e. The molecule has 4 rings (SSSR count). The number of aryl methyl sites for hydroxylation is 3. The second kappa shape index (κ2) is 7.52. The molecule has 2 aromatic carbocycles. The molecule has 0 saturated carbocycles. The van der Waals surface area contributed by atoms with Crippen molar-refractivity contribution in [1.82, 2.24) is 24.5 Å². The average Bonchev–Trinajstić information content (AvgIpc) is 3.24. The highest BCUT2D eigenvalue weighted by Crippen LogP contribution is 2.18. The number of nitrogens with zero attached hydrogens (tertiary/aromatic N) is 5. The number of hydrogen-bond acceptors (Lipinski definition) is 4. The Bertz CT molecular complexity index is 1190. The predicted octanol–water partition coefficient (Wildman–Crippen LogP) is 4.28. The van der Waals surface area contributed by atoms with Gasteiger partial charge in [-0.25, -0.2) is 14.3 Å². The van der Waals surface area contributed by atoms with Gasteiger partial charge in [-0.1, -0.05) is 17.7 Å². The summed E-state index contributed by atoms with van der Waals surface area (Å²) in [4.78, 5) is 17.0. The van der Waals surface area contributed by atoms with E-state index < -0.39 is 0 Å². The number of benzene rings is 2. The van der Waals surface area contributed by atoms with Gasteiger partial charge in [0.25, 0.3) is 5.91 Å². The van der Waals surface area contributed by atoms with Gasteiger partial charge >= 0.3 is 0 Å². The molecule has 4 aromatic rings. The van der Waals surface area contributed by atoms with Crippen LogP contribution in [0.5, 0.6) is 0 Å². The molecule has 0 atom stereocenters. The Labute approximate surface area is 173 Å². The van der Waals surface area contributed by atoms with Crippen LogP contribution in [0.2, 0.25) is 5.02 Å². The SMILES string of the molecule is Cc1cc(C)n(-c2cccc(NC(=O)c3nc(C)n(-c4ccc(Cl)cc4)n3)c2)n1. The van der Waals surface area contributed by atoms with Gasteiger partial charge in [-0.2, -0.15) is 5.10 Å². The molecule has 2 aromatic heterocycles. The topological polar surface area (TPSA) is 77.6 Å². The Morgan fingerprint density at radius 1 is 0.931 bits per heavy atom. The Balaban J connectivity index is 1.57. The summed E-state index contributed by atoms with van der Waals surface area (Å²) < 4.78 is 3.44. The van der Waals surface area contributed by atoms with Crippen molar-refractivity contribution in [3.8, 4) is 11.4 Å². The summed E-state index contributed by atoms with van der Waals surface area (Å²) in [6.45, 7) is 5.73. The van der Waals surface area contributed by atoms with Crippen LogP contribution in [0.25, 0.3) is 11.4 Å². The standard InChI is InChI=1S/C21H19ClN6O/c1-13-11-14(2)27(25-13)19-6-4-5-17(12-19)24-21(29)20-23-15(3)28(26-20)18-9-7-16(22)8-10-18/h4-12H,1-3H3,(H,24,29). The molecular weight excluding hydrogens is 388 g/mol. The molecule has 0 aliphatic carbocycles. The molecule has 0 aliphatic rings. The van der Waals surface area contributed by atoms with Crippen molar-refractivity contribution in [2.45, 2.75) is 20.8 Å². The fourth-order valence-corrected chi connectivity index (χ4v) is 3.23. The number of carbonyl (C=O) groups excluding carboxylic acids is 1. The molecule has 0 radical (unpaired) electrons. The van der Waals surface area contributed by atoms with Gasteiger partial charge < -0.3 is 5.32 Å². The number of anilines is 1. The zero-order valence-electron chi connectivity index (χ0n) is 16.2. The Kier molecular flexibility index (Phi) is 4.90. The number of amides is 1. The van der Waals surface area contributed by atoms with Crippen LogP contribution in [-0.2, 0) is 0 Å². The monoisotopic (exact) mass is 406 g/mol. The molecule has 8 heteroatoms. The van der Waals surface area contributed by atoms with Crippen molar-refractivity contribution < 1.29 is 4.79 Å². The van der Waals surface area contributed by atoms with Crippen molar-refractivity contribution in [3.63, 3.8) is 0 Å². The van der Waals surface area contributed by atoms with Crippen LogP contribution in [0.3, 0.4) is 0 Å². The van der Waals surface area contributed by atoms with Crippen molar-refractivity contribution in [2.24, 2.45) is 0 Å². The zero-order valence-corrected chi connectivity index (χ0v) is 17.0. The van der Waals surface area contributed by atoms with E-state index >= 15 is 0 Å². The van der Waals surface area contributed by atoms with Crippen molar-refractivity contribution in [2.75, 3.05) is 5.32 Å². The first-order valence-electron chi connectivity index (χ1n) is 9.05. The maximum absolute atomic E-state index is 12.7. The number of rotatable bonds is 4. The van der Waals surface area contributed by atoms with Crippen LogP contribution in [0.1, 0.15) is 27.8 Å². The second-order valence-electron chi connectivity index (χ2n) is 6.71. The van der Waals surface area contributed by atoms with E-state index in [1.54, 1.807) is 23.7 Å². The maximum Gasteiger partial charge on any atom is 0.295 e. The lowest BCUT2D eigenvalue weighted by molar-refractivity contribution is 0.101. The third-order valence-corrected chi connectivity index (χ3v) is 4.65. The van der Waals surface area contributed by atoms with E-state index in [9.17, 15) is 4.79 Å². The summed E-state index contributed by atoms with van der Waals surface area (Å²) in [5.74, 6) is 0.314. The van der Waals surface area contributed by atoms with Gasteiger partial charge in [-0.15, -0.1) is 5.10 Å². The maximum atomic E-state index is 12.7. The Hall–Kier alpha value is -3.45. The summed E-state index contributed by atoms with van der Waals surface area (Å²) in [7, 11) is 0. The summed E-state index contributed by atoms with van der Waals surface area (Å²) in [5.41, 5.74) is 4.24. The number of nitrogens with one attached hydrogen (secondary N) is 1. The normalized spacial score (nSPS) is 10.9. The van der Waals surface area contributed by atoms with Crippen LogP contribution >= 0.6 is 11.6 Å². The van der Waals surface area contributed by atoms with Crippen molar-refractivity contribution in [3.05, 3.63) is 82.7 Å². The Morgan fingerprint density at radius 2 is 1.69 bits per heavy atom. The first kappa shape index (κ1) is 18.9. The van der Waals surface area contributed by atoms with Gasteiger partial charge in [0.15, 0.2) is 0 Å². The number of aromatic nitrogens is 5. The van der Waals surface area contributed by atoms with E-state index in [1.807, 2.05) is 61.0 Å². The highest BCUT2D eigenvalue weighted by molar-refractivity contribution is 6.30. The largest absolute Gasteiger partial charge is 0.319 e. The molecule has 0 fully saturated rings. The van der Waals surface area contributed by atoms with Crippen molar-refractivity contribution >= 4 is 23.2 Å². The van der Waals surface area contributed by atoms with Crippen LogP contribution in [0.15, 0.2) is 54.6 Å². The van der Waals surface area contributed by atoms with E-state index in [0.29, 0.717) is 16.5 Å². The van der Waals surface area contributed by atoms with E-state index in [2.05, 4.69) is 20.5 Å². The molecule has 0 saturated heterocycles. The molecule has 1 amide bonds. The minimum absolute atomic E-state index is 0.0916. The Morgan fingerprint density at radius 3 is 2.38 bits per heavy atom. The fourth-order valence-electron chi connectivity index (χ4n) is 3.11. The molecule has 7 nitrogen and oxygen atoms in total. The summed E-state index contributed by atoms with van der Waals surface area (Å²) in [6.07, 6.45) is 0. The molecule has 0 spiro atoms. The first-order chi connectivity index (χ1) is 13.9. The molecule has 0 bridgehead atoms. The number of halogens is 1. The third kappa shape index (κ3) is 3.90. The average molecular weight is 407 g/mol. The van der Waals surface area contributed by atoms with E-state index in [1.165, 1.54) is 0 Å². The fraction of sp³-hybridized carbons (Fsp3) is 0.143. The van der Waals surface area contributed by atoms with Crippen LogP contribution in [-0.4, -0.2) is 30.5 Å². The van der Waals surface area contributed by atoms with E-state index in [-0.39, 0.29) is 11.7 Å². The highest BCUT2D eigenvalue weighted by Gasteiger charge is 2.16. The molecule has 2 heterocycles. The lowest BCUT2D eigenvalue weighted by Gasteiger charge is -2.08. The molecular formula is C21H19ClN6O. The van der Waals surface area contributed by atoms with Gasteiger partial charge in [0, 0.05) is 16.4 Å². The highest BCUT2D eigenvalue weighted by atomic mass is 35.5. The molecule has 0 unspecified atom stereocenters. The predicted molar refractivity (Wildman–Crippen MR) is 112 cm³/mol. The van der Waals surface area contributed by atoms with Gasteiger partial charge in [0.1, 0.15) is 5.82 Å². The summed E-state index contributed by atoms with van der Waals surface area (Å²) >= 11 is 5.94. The van der Waals surface area contributed by atoms with Gasteiger partial charge in [-0.05, 0) is 69.3 Å². The minimum Gasteiger partial charge on any atom is -0.319 e. The van der Waals surface area contributed by atoms with E-state index in [4.69, 9.17) is 11.6 Å². The quantitative estimate of drug-likeness (QED) is 0.548. The summed E-state index contributed by atoms with van der Waals surface area (Å²) in [5, 5.41) is 12.3. The van der Waals surface area contributed by atoms with Gasteiger partial charge in [0.05, 0.1) is 17.1 Å². The number of hydrogen-bond donors (Lipinski definition) is 1. The lowest BCUT2D eigenvalue weighted by Crippen LogP contribution is -2.14. The lowest BCUT2D eigenvalue weighted by atomic mass is 10.2. The minimum atomic E-state index is -0.383. The van der Waals surface area contributed by atoms with E-state index in [0.717, 1.165) is 22.8 Å². The van der Waals surface area contributed by atoms with Gasteiger partial charge in [0.2, 0.25) is 5.82 Å². The molecule has 0 aliphatic heterocycles.